The topological polar surface area (TPSA) is 139 Å². The first kappa shape index (κ1) is 27.7. The summed E-state index contributed by atoms with van der Waals surface area (Å²) < 4.78 is 36.8. The molecule has 1 aromatic carbocycles. The number of carboxylic acids is 1. The summed E-state index contributed by atoms with van der Waals surface area (Å²) in [5.74, 6) is -0.757. The van der Waals surface area contributed by atoms with E-state index in [9.17, 15) is 23.1 Å². The number of aryl methyl sites for hydroxylation is 1. The number of furan rings is 1. The average Bonchev–Trinajstić information content (AvgIpc) is 3.67. The number of aromatic nitrogens is 1. The normalized spacial score (nSPS) is 15.2. The number of pyridine rings is 1. The number of fused-ring (bicyclic) bond motifs is 1. The molecule has 0 spiro atoms. The molecule has 1 saturated carbocycles. The Morgan fingerprint density at radius 3 is 2.50 bits per heavy atom. The monoisotopic (exact) mass is 543 g/mol. The number of nitrogens with zero attached hydrogens (tertiary/aromatic N) is 2. The molecule has 0 aliphatic heterocycles. The number of hydrogen-bond donors (Lipinski definition) is 3. The average molecular weight is 544 g/mol. The Labute approximate surface area is 223 Å². The van der Waals surface area contributed by atoms with Crippen LogP contribution in [0.4, 0.5) is 0 Å². The molecule has 1 unspecified atom stereocenters. The van der Waals surface area contributed by atoms with Crippen LogP contribution in [-0.2, 0) is 27.0 Å². The summed E-state index contributed by atoms with van der Waals surface area (Å²) in [6, 6.07) is 9.55. The molecule has 1 aliphatic rings. The molecule has 38 heavy (non-hydrogen) atoms. The van der Waals surface area contributed by atoms with Crippen molar-refractivity contribution >= 4 is 33.9 Å². The van der Waals surface area contributed by atoms with Gasteiger partial charge in [0, 0.05) is 26.3 Å². The summed E-state index contributed by atoms with van der Waals surface area (Å²) in [7, 11) is -0.0694. The maximum Gasteiger partial charge on any atom is 0.335 e. The molecule has 10 nitrogen and oxygen atoms in total. The third-order valence-electron chi connectivity index (χ3n) is 7.12. The second kappa shape index (κ2) is 11.2. The summed E-state index contributed by atoms with van der Waals surface area (Å²) in [5, 5.41) is 12.7. The second-order valence-electron chi connectivity index (χ2n) is 9.87. The minimum atomic E-state index is -2.95. The molecule has 1 fully saturated rings. The van der Waals surface area contributed by atoms with E-state index >= 15 is 0 Å². The van der Waals surface area contributed by atoms with Gasteiger partial charge in [-0.15, -0.1) is 0 Å². The number of methoxy groups -OCH3 is 1. The van der Waals surface area contributed by atoms with Crippen molar-refractivity contribution in [3.63, 3.8) is 0 Å². The zero-order valence-corrected chi connectivity index (χ0v) is 22.8. The number of benzene rings is 1. The fraction of sp³-hybridized carbons (Fsp3) is 0.444. The Kier molecular flexibility index (Phi) is 8.19. The summed E-state index contributed by atoms with van der Waals surface area (Å²) in [6.45, 7) is 3.57. The summed E-state index contributed by atoms with van der Waals surface area (Å²) in [4.78, 5) is 29.2. The largest absolute Gasteiger partial charge is 0.479 e. The van der Waals surface area contributed by atoms with Gasteiger partial charge in [0.25, 0.3) is 5.91 Å². The van der Waals surface area contributed by atoms with Crippen molar-refractivity contribution in [2.75, 3.05) is 20.7 Å². The van der Waals surface area contributed by atoms with Gasteiger partial charge in [0.05, 0.1) is 23.2 Å². The second-order valence-corrected chi connectivity index (χ2v) is 10.9. The molecular weight excluding hydrogens is 510 g/mol. The minimum Gasteiger partial charge on any atom is -0.479 e. The lowest BCUT2D eigenvalue weighted by molar-refractivity contribution is -0.161. The number of amides is 1. The van der Waals surface area contributed by atoms with Crippen LogP contribution in [0.3, 0.4) is 0 Å². The standard InChI is InChI=1S/C27H33N3O7S/c1-16-6-8-18(9-7-16)23-22(24(31)28-3)20-14-19(17-10-11-17)21(29-25(20)37-23)15-30(38(34)35)13-5-12-27(2,36-4)26(32)33/h6-9,14,17,38H,5,10-13,15H2,1-4H3,(H,28,31)(H,32,33). The van der Waals surface area contributed by atoms with Gasteiger partial charge in [-0.05, 0) is 57.1 Å². The minimum absolute atomic E-state index is 0.0209. The van der Waals surface area contributed by atoms with Crippen molar-refractivity contribution < 1.29 is 32.3 Å². The van der Waals surface area contributed by atoms with Crippen LogP contribution in [0.15, 0.2) is 34.7 Å². The molecule has 1 aliphatic carbocycles. The highest BCUT2D eigenvalue weighted by molar-refractivity contribution is 7.69. The fourth-order valence-electron chi connectivity index (χ4n) is 4.49. The Morgan fingerprint density at radius 1 is 1.26 bits per heavy atom. The van der Waals surface area contributed by atoms with E-state index in [0.717, 1.165) is 29.5 Å². The van der Waals surface area contributed by atoms with E-state index in [1.807, 2.05) is 37.3 Å². The summed E-state index contributed by atoms with van der Waals surface area (Å²) in [6.07, 6.45) is 2.34. The van der Waals surface area contributed by atoms with Crippen molar-refractivity contribution in [1.82, 2.24) is 14.6 Å². The summed E-state index contributed by atoms with van der Waals surface area (Å²) in [5.41, 5.74) is 2.54. The third-order valence-corrected chi connectivity index (χ3v) is 7.92. The fourth-order valence-corrected chi connectivity index (χ4v) is 5.05. The zero-order chi connectivity index (χ0) is 27.6. The van der Waals surface area contributed by atoms with Crippen LogP contribution in [-0.4, -0.2) is 61.0 Å². The first-order valence-corrected chi connectivity index (χ1v) is 13.6. The first-order valence-electron chi connectivity index (χ1n) is 12.5. The van der Waals surface area contributed by atoms with Crippen molar-refractivity contribution in [2.24, 2.45) is 0 Å². The van der Waals surface area contributed by atoms with Crippen molar-refractivity contribution in [3.05, 3.63) is 52.7 Å². The van der Waals surface area contributed by atoms with Gasteiger partial charge >= 0.3 is 5.97 Å². The van der Waals surface area contributed by atoms with Crippen LogP contribution in [0.1, 0.15) is 65.7 Å². The Hall–Kier alpha value is -3.28. The number of hydrogen-bond acceptors (Lipinski definition) is 7. The van der Waals surface area contributed by atoms with Gasteiger partial charge in [-0.3, -0.25) is 4.79 Å². The quantitative estimate of drug-likeness (QED) is 0.294. The van der Waals surface area contributed by atoms with Crippen LogP contribution in [0.2, 0.25) is 0 Å². The van der Waals surface area contributed by atoms with Crippen LogP contribution in [0, 0.1) is 6.92 Å². The number of carboxylic acid groups (broad SMARTS) is 1. The first-order chi connectivity index (χ1) is 18.1. The molecule has 11 heteroatoms. The van der Waals surface area contributed by atoms with E-state index in [2.05, 4.69) is 5.32 Å². The van der Waals surface area contributed by atoms with Gasteiger partial charge in [-0.2, -0.15) is 4.31 Å². The van der Waals surface area contributed by atoms with E-state index in [1.165, 1.54) is 18.3 Å². The molecule has 2 heterocycles. The maximum atomic E-state index is 12.9. The van der Waals surface area contributed by atoms with Gasteiger partial charge in [0.1, 0.15) is 5.76 Å². The van der Waals surface area contributed by atoms with Gasteiger partial charge in [0.15, 0.2) is 5.60 Å². The molecule has 0 saturated heterocycles. The van der Waals surface area contributed by atoms with Crippen molar-refractivity contribution in [1.29, 1.82) is 0 Å². The number of carbonyl (C=O) groups excluding carboxylic acids is 1. The molecular formula is C27H33N3O7S. The highest BCUT2D eigenvalue weighted by Crippen LogP contribution is 2.44. The van der Waals surface area contributed by atoms with E-state index in [4.69, 9.17) is 14.1 Å². The highest BCUT2D eigenvalue weighted by atomic mass is 32.2. The van der Waals surface area contributed by atoms with Gasteiger partial charge < -0.3 is 19.6 Å². The smallest absolute Gasteiger partial charge is 0.335 e. The molecule has 3 aromatic rings. The molecule has 0 bridgehead atoms. The van der Waals surface area contributed by atoms with Gasteiger partial charge in [-0.25, -0.2) is 18.2 Å². The van der Waals surface area contributed by atoms with Crippen LogP contribution in [0.5, 0.6) is 0 Å². The van der Waals surface area contributed by atoms with Crippen molar-refractivity contribution in [3.8, 4) is 11.3 Å². The van der Waals surface area contributed by atoms with Crippen LogP contribution in [0.25, 0.3) is 22.4 Å². The predicted molar refractivity (Wildman–Crippen MR) is 143 cm³/mol. The Balaban J connectivity index is 1.71. The van der Waals surface area contributed by atoms with E-state index in [0.29, 0.717) is 28.8 Å². The Bertz CT molecular complexity index is 1420. The number of aliphatic carboxylic acids is 1. The third kappa shape index (κ3) is 5.74. The molecule has 2 N–H and O–H groups in total. The lowest BCUT2D eigenvalue weighted by Crippen LogP contribution is -2.38. The molecule has 204 valence electrons. The van der Waals surface area contributed by atoms with Crippen molar-refractivity contribution in [2.45, 2.75) is 57.6 Å². The predicted octanol–water partition coefficient (Wildman–Crippen LogP) is 3.64. The number of rotatable bonds is 12. The lowest BCUT2D eigenvalue weighted by atomic mass is 10.00. The van der Waals surface area contributed by atoms with E-state index < -0.39 is 22.5 Å². The van der Waals surface area contributed by atoms with Gasteiger partial charge in [0.2, 0.25) is 16.6 Å². The maximum absolute atomic E-state index is 12.9. The lowest BCUT2D eigenvalue weighted by Gasteiger charge is -2.24. The molecule has 1 amide bonds. The van der Waals surface area contributed by atoms with Crippen LogP contribution < -0.4 is 5.32 Å². The number of thiol groups is 1. The summed E-state index contributed by atoms with van der Waals surface area (Å²) >= 11 is 0. The van der Waals surface area contributed by atoms with E-state index in [1.54, 1.807) is 7.05 Å². The zero-order valence-electron chi connectivity index (χ0n) is 21.9. The highest BCUT2D eigenvalue weighted by Gasteiger charge is 2.33. The molecule has 4 rings (SSSR count). The Morgan fingerprint density at radius 2 is 1.95 bits per heavy atom. The SMILES string of the molecule is CNC(=O)c1c(-c2ccc(C)cc2)oc2nc(CN(CCCC(C)(OC)C(=O)O)[SH](=O)=O)c(C3CC3)cc12. The van der Waals surface area contributed by atoms with Crippen LogP contribution >= 0.6 is 0 Å². The molecule has 1 atom stereocenters. The number of nitrogens with one attached hydrogen (secondary N) is 1. The molecule has 2 aromatic heterocycles. The number of ether oxygens (including phenoxy) is 1. The van der Waals surface area contributed by atoms with Gasteiger partial charge in [-0.1, -0.05) is 29.8 Å². The number of carbonyl (C=O) groups is 2. The molecule has 0 radical (unpaired) electrons. The van der Waals surface area contributed by atoms with E-state index in [-0.39, 0.29) is 37.0 Å².